The van der Waals surface area contributed by atoms with E-state index in [1.165, 1.54) is 11.9 Å². The maximum atomic E-state index is 13.2. The molecular weight excluding hydrogens is 528 g/mol. The zero-order valence-electron chi connectivity index (χ0n) is 24.4. The third kappa shape index (κ3) is 8.11. The monoisotopic (exact) mass is 568 g/mol. The van der Waals surface area contributed by atoms with Gasteiger partial charge in [-0.2, -0.15) is 0 Å². The quantitative estimate of drug-likeness (QED) is 0.316. The van der Waals surface area contributed by atoms with Crippen LogP contribution >= 0.6 is 0 Å². The van der Waals surface area contributed by atoms with E-state index in [4.69, 9.17) is 4.74 Å². The minimum atomic E-state index is -1.14. The molecule has 2 amide bonds. The van der Waals surface area contributed by atoms with Crippen molar-refractivity contribution in [3.8, 4) is 0 Å². The van der Waals surface area contributed by atoms with Crippen molar-refractivity contribution in [1.82, 2.24) is 20.7 Å². The van der Waals surface area contributed by atoms with Crippen LogP contribution in [0.1, 0.15) is 71.7 Å². The van der Waals surface area contributed by atoms with Gasteiger partial charge in [-0.3, -0.25) is 29.2 Å². The number of aliphatic hydroxyl groups is 1. The molecule has 0 aliphatic carbocycles. The number of rotatable bonds is 10. The Labute approximate surface area is 239 Å². The van der Waals surface area contributed by atoms with E-state index in [1.807, 2.05) is 24.3 Å². The molecule has 1 aromatic heterocycles. The summed E-state index contributed by atoms with van der Waals surface area (Å²) in [6.45, 7) is 10.3. The number of carbonyl (C=O) groups excluding carboxylic acids is 3. The molecule has 1 aromatic carbocycles. The molecule has 11 nitrogen and oxygen atoms in total. The lowest BCUT2D eigenvalue weighted by molar-refractivity contribution is -0.165. The predicted molar refractivity (Wildman–Crippen MR) is 153 cm³/mol. The molecule has 0 bridgehead atoms. The Bertz CT molecular complexity index is 1320. The number of benzene rings is 1. The first-order chi connectivity index (χ1) is 19.2. The largest absolute Gasteiger partial charge is 0.480 e. The van der Waals surface area contributed by atoms with Gasteiger partial charge in [-0.25, -0.2) is 5.43 Å². The molecule has 1 aliphatic rings. The van der Waals surface area contributed by atoms with Gasteiger partial charge < -0.3 is 20.3 Å². The summed E-state index contributed by atoms with van der Waals surface area (Å²) in [4.78, 5) is 54.9. The van der Waals surface area contributed by atoms with Gasteiger partial charge in [0, 0.05) is 11.9 Å². The van der Waals surface area contributed by atoms with Crippen LogP contribution in [0, 0.1) is 11.3 Å². The number of aliphatic hydroxyl groups excluding tert-OH is 1. The van der Waals surface area contributed by atoms with Crippen LogP contribution in [0.25, 0.3) is 17.0 Å². The number of esters is 1. The van der Waals surface area contributed by atoms with Crippen molar-refractivity contribution in [2.24, 2.45) is 11.3 Å². The summed E-state index contributed by atoms with van der Waals surface area (Å²) in [7, 11) is 0. The van der Waals surface area contributed by atoms with Gasteiger partial charge in [0.1, 0.15) is 12.1 Å². The maximum Gasteiger partial charge on any atom is 0.322 e. The lowest BCUT2D eigenvalue weighted by atomic mass is 9.92. The highest BCUT2D eigenvalue weighted by molar-refractivity contribution is 5.91. The molecule has 1 fully saturated rings. The van der Waals surface area contributed by atoms with Crippen LogP contribution in [0.5, 0.6) is 0 Å². The van der Waals surface area contributed by atoms with Crippen LogP contribution in [0.15, 0.2) is 36.4 Å². The number of fused-ring (bicyclic) bond motifs is 1. The molecule has 11 heteroatoms. The number of hydrazine groups is 1. The van der Waals surface area contributed by atoms with Gasteiger partial charge in [-0.05, 0) is 64.2 Å². The summed E-state index contributed by atoms with van der Waals surface area (Å²) >= 11 is 0. The van der Waals surface area contributed by atoms with Crippen LogP contribution in [0.3, 0.4) is 0 Å². The molecule has 1 saturated heterocycles. The Hall–Kier alpha value is -3.83. The van der Waals surface area contributed by atoms with Gasteiger partial charge in [0.15, 0.2) is 6.10 Å². The number of aromatic nitrogens is 1. The number of amides is 2. The van der Waals surface area contributed by atoms with E-state index in [1.54, 1.807) is 52.8 Å². The summed E-state index contributed by atoms with van der Waals surface area (Å²) in [5, 5.41) is 23.8. The lowest BCUT2D eigenvalue weighted by Crippen LogP contribution is -2.60. The van der Waals surface area contributed by atoms with Gasteiger partial charge in [-0.15, -0.1) is 0 Å². The summed E-state index contributed by atoms with van der Waals surface area (Å²) in [6, 6.07) is 7.48. The van der Waals surface area contributed by atoms with E-state index in [0.29, 0.717) is 30.6 Å². The van der Waals surface area contributed by atoms with E-state index in [9.17, 15) is 29.4 Å². The Kier molecular flexibility index (Phi) is 10.2. The number of carboxylic acids is 1. The van der Waals surface area contributed by atoms with Crippen molar-refractivity contribution < 1.29 is 34.1 Å². The van der Waals surface area contributed by atoms with Gasteiger partial charge in [0.05, 0.1) is 22.7 Å². The van der Waals surface area contributed by atoms with Crippen molar-refractivity contribution in [1.29, 1.82) is 0 Å². The number of carbonyl (C=O) groups is 4. The first-order valence-corrected chi connectivity index (χ1v) is 13.8. The topological polar surface area (TPSA) is 158 Å². The standard InChI is InChI=1S/C30H40N4O7/c1-17(2)25(26(36)31-18(3)27(37)34-15-7-8-23(33-34)28(38)39)41-29(40)30(5,6)14-13-20-9-10-21-11-12-22(19(4)35)32-24(21)16-20/h9-14,16-19,23,25,33,35H,7-8,15H2,1-6H3,(H,31,36)(H,38,39)/b14-13+/t18?,19-,23+,25?/m1/s1. The highest BCUT2D eigenvalue weighted by Gasteiger charge is 2.36. The molecule has 2 aromatic rings. The number of ether oxygens (including phenoxy) is 1. The lowest BCUT2D eigenvalue weighted by Gasteiger charge is -2.34. The number of hydrogen-bond donors (Lipinski definition) is 4. The van der Waals surface area contributed by atoms with Crippen molar-refractivity contribution >= 4 is 40.7 Å². The van der Waals surface area contributed by atoms with Crippen LogP contribution in [-0.2, 0) is 23.9 Å². The first-order valence-electron chi connectivity index (χ1n) is 13.8. The predicted octanol–water partition coefficient (Wildman–Crippen LogP) is 2.98. The fourth-order valence-electron chi connectivity index (χ4n) is 4.33. The number of aliphatic carboxylic acids is 1. The molecular formula is C30H40N4O7. The molecule has 3 rings (SSSR count). The molecule has 0 saturated carbocycles. The van der Waals surface area contributed by atoms with Crippen molar-refractivity contribution in [2.45, 2.75) is 78.7 Å². The van der Waals surface area contributed by atoms with Crippen LogP contribution in [0.2, 0.25) is 0 Å². The van der Waals surface area contributed by atoms with E-state index < -0.39 is 53.5 Å². The Morgan fingerprint density at radius 1 is 1.15 bits per heavy atom. The molecule has 222 valence electrons. The van der Waals surface area contributed by atoms with Gasteiger partial charge >= 0.3 is 11.9 Å². The molecule has 4 N–H and O–H groups in total. The summed E-state index contributed by atoms with van der Waals surface area (Å²) < 4.78 is 5.65. The van der Waals surface area contributed by atoms with Crippen molar-refractivity contribution in [2.75, 3.05) is 6.54 Å². The molecule has 2 unspecified atom stereocenters. The Balaban J connectivity index is 1.66. The Morgan fingerprint density at radius 2 is 1.83 bits per heavy atom. The molecule has 0 radical (unpaired) electrons. The van der Waals surface area contributed by atoms with Crippen LogP contribution in [-0.4, -0.2) is 68.7 Å². The van der Waals surface area contributed by atoms with E-state index >= 15 is 0 Å². The molecule has 2 heterocycles. The minimum Gasteiger partial charge on any atom is -0.480 e. The second kappa shape index (κ2) is 13.2. The zero-order valence-corrected chi connectivity index (χ0v) is 24.4. The van der Waals surface area contributed by atoms with Crippen LogP contribution in [0.4, 0.5) is 0 Å². The molecule has 41 heavy (non-hydrogen) atoms. The van der Waals surface area contributed by atoms with Gasteiger partial charge in [-0.1, -0.05) is 44.2 Å². The second-order valence-corrected chi connectivity index (χ2v) is 11.4. The number of carboxylic acid groups (broad SMARTS) is 1. The fraction of sp³-hybridized carbons (Fsp3) is 0.500. The summed E-state index contributed by atoms with van der Waals surface area (Å²) in [5.74, 6) is -3.13. The van der Waals surface area contributed by atoms with Crippen LogP contribution < -0.4 is 10.7 Å². The smallest absolute Gasteiger partial charge is 0.322 e. The highest BCUT2D eigenvalue weighted by atomic mass is 16.5. The molecule has 4 atom stereocenters. The van der Waals surface area contributed by atoms with Gasteiger partial charge in [0.2, 0.25) is 0 Å². The molecule has 1 aliphatic heterocycles. The normalized spacial score (nSPS) is 18.2. The second-order valence-electron chi connectivity index (χ2n) is 11.4. The first kappa shape index (κ1) is 31.7. The van der Waals surface area contributed by atoms with E-state index in [0.717, 1.165) is 10.9 Å². The average molecular weight is 569 g/mol. The van der Waals surface area contributed by atoms with E-state index in [2.05, 4.69) is 15.7 Å². The van der Waals surface area contributed by atoms with Gasteiger partial charge in [0.25, 0.3) is 11.8 Å². The highest BCUT2D eigenvalue weighted by Crippen LogP contribution is 2.25. The Morgan fingerprint density at radius 3 is 2.46 bits per heavy atom. The number of nitrogens with zero attached hydrogens (tertiary/aromatic N) is 2. The van der Waals surface area contributed by atoms with Crippen molar-refractivity contribution in [3.63, 3.8) is 0 Å². The summed E-state index contributed by atoms with van der Waals surface area (Å²) in [6.07, 6.45) is 2.55. The maximum absolute atomic E-state index is 13.2. The average Bonchev–Trinajstić information content (AvgIpc) is 2.93. The minimum absolute atomic E-state index is 0.320. The zero-order chi connectivity index (χ0) is 30.5. The number of pyridine rings is 1. The molecule has 0 spiro atoms. The fourth-order valence-corrected chi connectivity index (χ4v) is 4.33. The van der Waals surface area contributed by atoms with E-state index in [-0.39, 0.29) is 5.92 Å². The number of hydrogen-bond acceptors (Lipinski definition) is 8. The summed E-state index contributed by atoms with van der Waals surface area (Å²) in [5.41, 5.74) is 3.68. The third-order valence-electron chi connectivity index (χ3n) is 6.96. The third-order valence-corrected chi connectivity index (χ3v) is 6.96. The number of nitrogens with one attached hydrogen (secondary N) is 2. The van der Waals surface area contributed by atoms with Crippen molar-refractivity contribution in [3.05, 3.63) is 47.7 Å². The SMILES string of the molecule is CC(NC(=O)C(OC(=O)C(C)(C)/C=C/c1ccc2ccc([C@@H](C)O)nc2c1)C(C)C)C(=O)N1CCC[C@@H](C(=O)O)N1.